The highest BCUT2D eigenvalue weighted by Gasteiger charge is 2.02. The second-order valence-corrected chi connectivity index (χ2v) is 6.73. The lowest BCUT2D eigenvalue weighted by molar-refractivity contribution is -0.141. The summed E-state index contributed by atoms with van der Waals surface area (Å²) in [7, 11) is 0. The molecular weight excluding hydrogens is 248 g/mol. The van der Waals surface area contributed by atoms with Crippen molar-refractivity contribution < 1.29 is 9.53 Å². The van der Waals surface area contributed by atoms with Crippen LogP contribution in [0.25, 0.3) is 0 Å². The highest BCUT2D eigenvalue weighted by Crippen LogP contribution is 2.16. The molecule has 0 aliphatic heterocycles. The molecule has 0 bridgehead atoms. The number of esters is 1. The molecule has 0 aliphatic carbocycles. The quantitative estimate of drug-likeness (QED) is 0.277. The predicted molar refractivity (Wildman–Crippen MR) is 86.8 cm³/mol. The van der Waals surface area contributed by atoms with Crippen molar-refractivity contribution in [3.8, 4) is 0 Å². The molecular formula is C18H34O2. The van der Waals surface area contributed by atoms with Gasteiger partial charge in [-0.05, 0) is 24.7 Å². The molecule has 0 heterocycles. The lowest BCUT2D eigenvalue weighted by Crippen LogP contribution is -2.00. The topological polar surface area (TPSA) is 26.3 Å². The monoisotopic (exact) mass is 282 g/mol. The number of unbranched alkanes of at least 4 members (excludes halogenated alkanes) is 8. The maximum absolute atomic E-state index is 10.6. The van der Waals surface area contributed by atoms with E-state index >= 15 is 0 Å². The van der Waals surface area contributed by atoms with E-state index in [2.05, 4.69) is 32.9 Å². The Bertz CT molecular complexity index is 261. The average molecular weight is 282 g/mol. The fourth-order valence-corrected chi connectivity index (χ4v) is 2.08. The third kappa shape index (κ3) is 17.2. The molecule has 0 unspecified atom stereocenters. The molecule has 0 amide bonds. The molecule has 0 saturated carbocycles. The van der Waals surface area contributed by atoms with E-state index in [0.717, 1.165) is 6.42 Å². The molecule has 0 rings (SSSR count). The summed E-state index contributed by atoms with van der Waals surface area (Å²) in [5, 5.41) is 0. The summed E-state index contributed by atoms with van der Waals surface area (Å²) in [5.41, 5.74) is 0.325. The maximum atomic E-state index is 10.6. The minimum absolute atomic E-state index is 0.162. The average Bonchev–Trinajstić information content (AvgIpc) is 2.33. The van der Waals surface area contributed by atoms with E-state index in [1.54, 1.807) is 0 Å². The van der Waals surface area contributed by atoms with Crippen molar-refractivity contribution in [2.75, 3.05) is 6.61 Å². The van der Waals surface area contributed by atoms with Crippen LogP contribution in [0.5, 0.6) is 0 Å². The maximum Gasteiger partial charge on any atom is 0.302 e. The van der Waals surface area contributed by atoms with Crippen LogP contribution < -0.4 is 0 Å². The Morgan fingerprint density at radius 2 is 1.40 bits per heavy atom. The van der Waals surface area contributed by atoms with Crippen LogP contribution in [0.3, 0.4) is 0 Å². The van der Waals surface area contributed by atoms with Crippen molar-refractivity contribution in [2.24, 2.45) is 5.41 Å². The van der Waals surface area contributed by atoms with Crippen LogP contribution in [0.1, 0.15) is 85.5 Å². The van der Waals surface area contributed by atoms with E-state index in [-0.39, 0.29) is 5.97 Å². The fraction of sp³-hybridized carbons (Fsp3) is 0.833. The van der Waals surface area contributed by atoms with E-state index in [1.165, 1.54) is 58.3 Å². The van der Waals surface area contributed by atoms with Gasteiger partial charge in [0.25, 0.3) is 0 Å². The van der Waals surface area contributed by atoms with Gasteiger partial charge in [0.05, 0.1) is 6.61 Å². The minimum Gasteiger partial charge on any atom is -0.466 e. The summed E-state index contributed by atoms with van der Waals surface area (Å²) in [6, 6.07) is 0. The van der Waals surface area contributed by atoms with E-state index in [0.29, 0.717) is 12.0 Å². The van der Waals surface area contributed by atoms with Crippen molar-refractivity contribution in [1.29, 1.82) is 0 Å². The van der Waals surface area contributed by atoms with Crippen LogP contribution in [0.4, 0.5) is 0 Å². The van der Waals surface area contributed by atoms with Crippen LogP contribution in [-0.4, -0.2) is 12.6 Å². The SMILES string of the molecule is CC(=O)OCCCCCCCCCC/C=C\C(C)(C)C. The van der Waals surface area contributed by atoms with Crippen molar-refractivity contribution in [2.45, 2.75) is 85.5 Å². The molecule has 0 aromatic heterocycles. The van der Waals surface area contributed by atoms with Gasteiger partial charge in [0.1, 0.15) is 0 Å². The van der Waals surface area contributed by atoms with Crippen LogP contribution in [0.2, 0.25) is 0 Å². The van der Waals surface area contributed by atoms with Gasteiger partial charge in [-0.2, -0.15) is 0 Å². The second-order valence-electron chi connectivity index (χ2n) is 6.73. The van der Waals surface area contributed by atoms with Gasteiger partial charge in [0, 0.05) is 6.92 Å². The molecule has 2 nitrogen and oxygen atoms in total. The first-order chi connectivity index (χ1) is 9.42. The number of carbonyl (C=O) groups is 1. The first-order valence-electron chi connectivity index (χ1n) is 8.23. The van der Waals surface area contributed by atoms with Gasteiger partial charge < -0.3 is 4.74 Å². The molecule has 0 aromatic rings. The molecule has 0 saturated heterocycles. The van der Waals surface area contributed by atoms with E-state index in [9.17, 15) is 4.79 Å². The van der Waals surface area contributed by atoms with Crippen LogP contribution in [0, 0.1) is 5.41 Å². The molecule has 0 aliphatic rings. The highest BCUT2D eigenvalue weighted by molar-refractivity contribution is 5.65. The molecule has 2 heteroatoms. The van der Waals surface area contributed by atoms with Gasteiger partial charge in [0.2, 0.25) is 0 Å². The lowest BCUT2D eigenvalue weighted by atomic mass is 9.95. The Labute approximate surface area is 126 Å². The highest BCUT2D eigenvalue weighted by atomic mass is 16.5. The number of rotatable bonds is 11. The molecule has 0 spiro atoms. The largest absolute Gasteiger partial charge is 0.466 e. The first kappa shape index (κ1) is 19.2. The molecule has 0 radical (unpaired) electrons. The normalized spacial score (nSPS) is 12.0. The van der Waals surface area contributed by atoms with Gasteiger partial charge in [-0.3, -0.25) is 4.79 Å². The molecule has 20 heavy (non-hydrogen) atoms. The summed E-state index contributed by atoms with van der Waals surface area (Å²) in [4.78, 5) is 10.6. The molecule has 0 aromatic carbocycles. The van der Waals surface area contributed by atoms with Gasteiger partial charge in [0.15, 0.2) is 0 Å². The smallest absolute Gasteiger partial charge is 0.302 e. The number of hydrogen-bond donors (Lipinski definition) is 0. The standard InChI is InChI=1S/C18H34O2/c1-17(19)20-16-14-12-10-8-6-5-7-9-11-13-15-18(2,3)4/h13,15H,5-12,14,16H2,1-4H3/b15-13-. The van der Waals surface area contributed by atoms with Gasteiger partial charge in [-0.15, -0.1) is 0 Å². The third-order valence-electron chi connectivity index (χ3n) is 3.19. The van der Waals surface area contributed by atoms with Crippen LogP contribution in [-0.2, 0) is 9.53 Å². The summed E-state index contributed by atoms with van der Waals surface area (Å²) in [6.07, 6.45) is 16.0. The number of allylic oxidation sites excluding steroid dienone is 2. The van der Waals surface area contributed by atoms with Gasteiger partial charge in [-0.1, -0.05) is 71.4 Å². The van der Waals surface area contributed by atoms with E-state index < -0.39 is 0 Å². The van der Waals surface area contributed by atoms with E-state index in [4.69, 9.17) is 4.74 Å². The van der Waals surface area contributed by atoms with E-state index in [1.807, 2.05) is 0 Å². The minimum atomic E-state index is -0.162. The number of hydrogen-bond acceptors (Lipinski definition) is 2. The Kier molecular flexibility index (Phi) is 11.5. The molecule has 0 atom stereocenters. The number of ether oxygens (including phenoxy) is 1. The Morgan fingerprint density at radius 3 is 1.90 bits per heavy atom. The van der Waals surface area contributed by atoms with Crippen molar-refractivity contribution in [3.63, 3.8) is 0 Å². The summed E-state index contributed by atoms with van der Waals surface area (Å²) in [5.74, 6) is -0.162. The summed E-state index contributed by atoms with van der Waals surface area (Å²) < 4.78 is 4.90. The molecule has 118 valence electrons. The zero-order chi connectivity index (χ0) is 15.3. The van der Waals surface area contributed by atoms with Crippen LogP contribution >= 0.6 is 0 Å². The summed E-state index contributed by atoms with van der Waals surface area (Å²) >= 11 is 0. The zero-order valence-electron chi connectivity index (χ0n) is 14.0. The van der Waals surface area contributed by atoms with Crippen molar-refractivity contribution >= 4 is 5.97 Å². The molecule has 0 N–H and O–H groups in total. The van der Waals surface area contributed by atoms with Gasteiger partial charge in [-0.25, -0.2) is 0 Å². The summed E-state index contributed by atoms with van der Waals surface area (Å²) in [6.45, 7) is 8.78. The zero-order valence-corrected chi connectivity index (χ0v) is 14.0. The van der Waals surface area contributed by atoms with Crippen molar-refractivity contribution in [1.82, 2.24) is 0 Å². The number of carbonyl (C=O) groups excluding carboxylic acids is 1. The fourth-order valence-electron chi connectivity index (χ4n) is 2.08. The predicted octanol–water partition coefficient (Wildman–Crippen LogP) is 5.66. The van der Waals surface area contributed by atoms with Crippen molar-refractivity contribution in [3.05, 3.63) is 12.2 Å². The Hall–Kier alpha value is -0.790. The Balaban J connectivity index is 3.14. The van der Waals surface area contributed by atoms with Crippen LogP contribution in [0.15, 0.2) is 12.2 Å². The lowest BCUT2D eigenvalue weighted by Gasteiger charge is -2.10. The van der Waals surface area contributed by atoms with Gasteiger partial charge >= 0.3 is 5.97 Å². The molecule has 0 fully saturated rings. The third-order valence-corrected chi connectivity index (χ3v) is 3.19. The second kappa shape index (κ2) is 12.0. The first-order valence-corrected chi connectivity index (χ1v) is 8.23. The Morgan fingerprint density at radius 1 is 0.900 bits per heavy atom.